The van der Waals surface area contributed by atoms with Crippen LogP contribution in [0.15, 0.2) is 66.1 Å². The minimum absolute atomic E-state index is 0.0264. The van der Waals surface area contributed by atoms with E-state index in [-0.39, 0.29) is 5.91 Å². The third kappa shape index (κ3) is 4.33. The minimum atomic E-state index is 0.0264. The monoisotopic (exact) mass is 352 g/mol. The van der Waals surface area contributed by atoms with E-state index in [9.17, 15) is 4.79 Å². The van der Waals surface area contributed by atoms with Crippen molar-refractivity contribution < 1.29 is 4.79 Å². The van der Waals surface area contributed by atoms with Crippen LogP contribution in [0.5, 0.6) is 0 Å². The standard InChI is InChI=1S/C21H24N2OS/c1-3-14-25-20-11-7-6-10-18(20)22-21(24)15-23(2)19-13-12-16-8-4-5-9-17(16)19/h3-11,19H,1,12-15H2,2H3,(H,22,24)/t19-/m0/s1. The summed E-state index contributed by atoms with van der Waals surface area (Å²) in [6.45, 7) is 4.14. The molecular formula is C21H24N2OS. The Balaban J connectivity index is 1.63. The Morgan fingerprint density at radius 3 is 2.88 bits per heavy atom. The quantitative estimate of drug-likeness (QED) is 0.587. The highest BCUT2D eigenvalue weighted by atomic mass is 32.2. The van der Waals surface area contributed by atoms with Gasteiger partial charge in [0.15, 0.2) is 0 Å². The number of hydrogen-bond donors (Lipinski definition) is 1. The topological polar surface area (TPSA) is 32.3 Å². The van der Waals surface area contributed by atoms with Crippen LogP contribution >= 0.6 is 11.8 Å². The Kier molecular flexibility index (Phi) is 5.95. The second kappa shape index (κ2) is 8.37. The van der Waals surface area contributed by atoms with E-state index in [2.05, 4.69) is 41.1 Å². The minimum Gasteiger partial charge on any atom is -0.324 e. The van der Waals surface area contributed by atoms with Crippen molar-refractivity contribution in [1.82, 2.24) is 4.90 Å². The Labute approximate surface area is 154 Å². The van der Waals surface area contributed by atoms with Gasteiger partial charge in [0.25, 0.3) is 0 Å². The normalized spacial score (nSPS) is 15.8. The number of amides is 1. The van der Waals surface area contributed by atoms with Crippen LogP contribution in [0.4, 0.5) is 5.69 Å². The molecule has 0 fully saturated rings. The number of benzene rings is 2. The predicted molar refractivity (Wildman–Crippen MR) is 106 cm³/mol. The number of carbonyl (C=O) groups is 1. The molecule has 0 saturated heterocycles. The number of anilines is 1. The summed E-state index contributed by atoms with van der Waals surface area (Å²) in [4.78, 5) is 15.8. The van der Waals surface area contributed by atoms with E-state index >= 15 is 0 Å². The van der Waals surface area contributed by atoms with Crippen molar-refractivity contribution in [3.8, 4) is 0 Å². The molecule has 3 rings (SSSR count). The maximum absolute atomic E-state index is 12.5. The fraction of sp³-hybridized carbons (Fsp3) is 0.286. The van der Waals surface area contributed by atoms with Crippen LogP contribution < -0.4 is 5.32 Å². The molecule has 3 nitrogen and oxygen atoms in total. The second-order valence-corrected chi connectivity index (χ2v) is 7.37. The molecule has 0 radical (unpaired) electrons. The van der Waals surface area contributed by atoms with Crippen LogP contribution in [0.3, 0.4) is 0 Å². The van der Waals surface area contributed by atoms with Gasteiger partial charge < -0.3 is 5.32 Å². The van der Waals surface area contributed by atoms with Crippen molar-refractivity contribution in [3.63, 3.8) is 0 Å². The van der Waals surface area contributed by atoms with E-state index in [4.69, 9.17) is 0 Å². The van der Waals surface area contributed by atoms with Gasteiger partial charge in [-0.05, 0) is 43.1 Å². The SMILES string of the molecule is C=CCSc1ccccc1NC(=O)CN(C)[C@H]1CCc2ccccc21. The number of para-hydroxylation sites is 1. The van der Waals surface area contributed by atoms with Crippen molar-refractivity contribution in [3.05, 3.63) is 72.3 Å². The van der Waals surface area contributed by atoms with Gasteiger partial charge in [-0.1, -0.05) is 42.5 Å². The van der Waals surface area contributed by atoms with E-state index in [1.165, 1.54) is 11.1 Å². The van der Waals surface area contributed by atoms with Crippen molar-refractivity contribution >= 4 is 23.4 Å². The van der Waals surface area contributed by atoms with Crippen molar-refractivity contribution in [2.75, 3.05) is 24.7 Å². The van der Waals surface area contributed by atoms with Crippen LogP contribution in [0.2, 0.25) is 0 Å². The van der Waals surface area contributed by atoms with Crippen LogP contribution in [0.1, 0.15) is 23.6 Å². The van der Waals surface area contributed by atoms with Crippen LogP contribution in [0.25, 0.3) is 0 Å². The number of likely N-dealkylation sites (N-methyl/N-ethyl adjacent to an activating group) is 1. The largest absolute Gasteiger partial charge is 0.324 e. The molecule has 25 heavy (non-hydrogen) atoms. The van der Waals surface area contributed by atoms with Gasteiger partial charge in [0, 0.05) is 16.7 Å². The van der Waals surface area contributed by atoms with Gasteiger partial charge in [0.05, 0.1) is 12.2 Å². The maximum atomic E-state index is 12.5. The Hall–Kier alpha value is -2.04. The molecule has 1 aliphatic carbocycles. The summed E-state index contributed by atoms with van der Waals surface area (Å²) in [5.74, 6) is 0.851. The summed E-state index contributed by atoms with van der Waals surface area (Å²) in [5, 5.41) is 3.06. The third-order valence-corrected chi connectivity index (χ3v) is 5.61. The lowest BCUT2D eigenvalue weighted by molar-refractivity contribution is -0.117. The first-order chi connectivity index (χ1) is 12.2. The van der Waals surface area contributed by atoms with E-state index in [0.717, 1.165) is 29.2 Å². The predicted octanol–water partition coefficient (Wildman–Crippen LogP) is 4.52. The van der Waals surface area contributed by atoms with E-state index in [1.807, 2.05) is 37.4 Å². The lowest BCUT2D eigenvalue weighted by atomic mass is 10.1. The van der Waals surface area contributed by atoms with Gasteiger partial charge in [-0.25, -0.2) is 0 Å². The summed E-state index contributed by atoms with van der Waals surface area (Å²) in [6, 6.07) is 16.8. The Morgan fingerprint density at radius 2 is 2.04 bits per heavy atom. The van der Waals surface area contributed by atoms with Crippen molar-refractivity contribution in [2.24, 2.45) is 0 Å². The lowest BCUT2D eigenvalue weighted by Crippen LogP contribution is -2.32. The molecule has 0 unspecified atom stereocenters. The summed E-state index contributed by atoms with van der Waals surface area (Å²) in [5.41, 5.74) is 3.64. The first-order valence-electron chi connectivity index (χ1n) is 8.59. The number of nitrogens with zero attached hydrogens (tertiary/aromatic N) is 1. The summed E-state index contributed by atoms with van der Waals surface area (Å²) < 4.78 is 0. The summed E-state index contributed by atoms with van der Waals surface area (Å²) in [7, 11) is 2.03. The number of rotatable bonds is 7. The highest BCUT2D eigenvalue weighted by Gasteiger charge is 2.26. The molecule has 0 heterocycles. The third-order valence-electron chi connectivity index (χ3n) is 4.54. The summed E-state index contributed by atoms with van der Waals surface area (Å²) >= 11 is 1.68. The van der Waals surface area contributed by atoms with Crippen molar-refractivity contribution in [1.29, 1.82) is 0 Å². The first-order valence-corrected chi connectivity index (χ1v) is 9.58. The van der Waals surface area contributed by atoms with Crippen molar-refractivity contribution in [2.45, 2.75) is 23.8 Å². The number of carbonyl (C=O) groups excluding carboxylic acids is 1. The molecule has 0 saturated carbocycles. The van der Waals surface area contributed by atoms with Gasteiger partial charge in [0.2, 0.25) is 5.91 Å². The zero-order chi connectivity index (χ0) is 17.6. The fourth-order valence-electron chi connectivity index (χ4n) is 3.36. The first kappa shape index (κ1) is 17.8. The van der Waals surface area contributed by atoms with E-state index in [1.54, 1.807) is 11.8 Å². The fourth-order valence-corrected chi connectivity index (χ4v) is 4.11. The van der Waals surface area contributed by atoms with E-state index < -0.39 is 0 Å². The molecule has 0 spiro atoms. The molecule has 0 aliphatic heterocycles. The molecule has 130 valence electrons. The van der Waals surface area contributed by atoms with Gasteiger partial charge >= 0.3 is 0 Å². The Bertz CT molecular complexity index is 759. The molecule has 0 aromatic heterocycles. The molecule has 1 atom stereocenters. The number of aryl methyl sites for hydroxylation is 1. The Morgan fingerprint density at radius 1 is 1.28 bits per heavy atom. The lowest BCUT2D eigenvalue weighted by Gasteiger charge is -2.24. The zero-order valence-electron chi connectivity index (χ0n) is 14.6. The highest BCUT2D eigenvalue weighted by molar-refractivity contribution is 7.99. The highest BCUT2D eigenvalue weighted by Crippen LogP contribution is 2.34. The zero-order valence-corrected chi connectivity index (χ0v) is 15.4. The van der Waals surface area contributed by atoms with Gasteiger partial charge in [0.1, 0.15) is 0 Å². The van der Waals surface area contributed by atoms with Crippen LogP contribution in [-0.4, -0.2) is 30.2 Å². The van der Waals surface area contributed by atoms with E-state index in [0.29, 0.717) is 12.6 Å². The molecule has 2 aromatic rings. The molecule has 1 amide bonds. The average Bonchev–Trinajstić information content (AvgIpc) is 3.05. The van der Waals surface area contributed by atoms with Crippen LogP contribution in [0, 0.1) is 0 Å². The van der Waals surface area contributed by atoms with Gasteiger partial charge in [-0.2, -0.15) is 0 Å². The number of fused-ring (bicyclic) bond motifs is 1. The number of thioether (sulfide) groups is 1. The smallest absolute Gasteiger partial charge is 0.238 e. The molecular weight excluding hydrogens is 328 g/mol. The second-order valence-electron chi connectivity index (χ2n) is 6.31. The van der Waals surface area contributed by atoms with Gasteiger partial charge in [-0.15, -0.1) is 18.3 Å². The average molecular weight is 353 g/mol. The molecule has 4 heteroatoms. The number of nitrogens with one attached hydrogen (secondary N) is 1. The van der Waals surface area contributed by atoms with Crippen LogP contribution in [-0.2, 0) is 11.2 Å². The molecule has 2 aromatic carbocycles. The number of hydrogen-bond acceptors (Lipinski definition) is 3. The summed E-state index contributed by atoms with van der Waals surface area (Å²) in [6.07, 6.45) is 4.04. The van der Waals surface area contributed by atoms with Gasteiger partial charge in [-0.3, -0.25) is 9.69 Å². The molecule has 0 bridgehead atoms. The molecule has 1 N–H and O–H groups in total. The maximum Gasteiger partial charge on any atom is 0.238 e. The molecule has 1 aliphatic rings.